The highest BCUT2D eigenvalue weighted by Gasteiger charge is 2.97. The van der Waals surface area contributed by atoms with Crippen LogP contribution < -0.4 is 0 Å². The fraction of sp³-hybridized carbons (Fsp3) is 1.00. The Kier molecular flexibility index (Phi) is 3.10. The predicted octanol–water partition coefficient (Wildman–Crippen LogP) is 3.91. The summed E-state index contributed by atoms with van der Waals surface area (Å²) in [5.74, 6) is -22.2. The Morgan fingerprint density at radius 1 is 0.500 bits per heavy atom. The monoisotopic (exact) mass is 333 g/mol. The average Bonchev–Trinajstić information content (AvgIpc) is 2.11. The van der Waals surface area contributed by atoms with E-state index in [1.807, 2.05) is 0 Å². The van der Waals surface area contributed by atoms with Gasteiger partial charge in [0.2, 0.25) is 0 Å². The Balaban J connectivity index is 3.74. The summed E-state index contributed by atoms with van der Waals surface area (Å²) < 4.78 is 161. The fourth-order valence-electron chi connectivity index (χ4n) is 1.35. The van der Waals surface area contributed by atoms with Crippen LogP contribution in [0.2, 0.25) is 0 Å². The molecule has 1 aliphatic heterocycles. The maximum absolute atomic E-state index is 12.6. The van der Waals surface area contributed by atoms with Crippen LogP contribution in [-0.4, -0.2) is 41.1 Å². The summed E-state index contributed by atoms with van der Waals surface area (Å²) in [6.45, 7) is 0. The van der Waals surface area contributed by atoms with Crippen LogP contribution in [0.3, 0.4) is 0 Å². The van der Waals surface area contributed by atoms with Gasteiger partial charge in [0, 0.05) is 0 Å². The van der Waals surface area contributed by atoms with Crippen LogP contribution in [0.4, 0.5) is 57.1 Å². The topological polar surface area (TPSA) is 3.24 Å². The van der Waals surface area contributed by atoms with E-state index >= 15 is 0 Å². The standard InChI is InChI=1S/C6F13N/c7-1(8)2(9,10)4(13,14)20(6(17,18)19)5(15,16)3(1,11)12. The van der Waals surface area contributed by atoms with Crippen LogP contribution in [0.1, 0.15) is 0 Å². The zero-order chi connectivity index (χ0) is 16.6. The molecule has 0 unspecified atom stereocenters. The van der Waals surface area contributed by atoms with Crippen molar-refractivity contribution in [1.29, 1.82) is 0 Å². The van der Waals surface area contributed by atoms with E-state index < -0.39 is 41.1 Å². The van der Waals surface area contributed by atoms with Gasteiger partial charge in [-0.15, -0.1) is 0 Å². The van der Waals surface area contributed by atoms with Crippen molar-refractivity contribution in [2.24, 2.45) is 0 Å². The summed E-state index contributed by atoms with van der Waals surface area (Å²) in [7, 11) is 0. The van der Waals surface area contributed by atoms with Crippen molar-refractivity contribution >= 4 is 0 Å². The number of piperidine rings is 1. The molecule has 1 aliphatic rings. The molecule has 0 N–H and O–H groups in total. The summed E-state index contributed by atoms with van der Waals surface area (Å²) in [6.07, 6.45) is -7.14. The number of nitrogens with zero attached hydrogens (tertiary/aromatic N) is 1. The fourth-order valence-corrected chi connectivity index (χ4v) is 1.35. The van der Waals surface area contributed by atoms with Gasteiger partial charge < -0.3 is 0 Å². The summed E-state index contributed by atoms with van der Waals surface area (Å²) in [5, 5.41) is 0. The molecule has 0 aromatic carbocycles. The van der Waals surface area contributed by atoms with Gasteiger partial charge >= 0.3 is 36.2 Å². The third-order valence-electron chi connectivity index (χ3n) is 2.36. The van der Waals surface area contributed by atoms with Crippen LogP contribution >= 0.6 is 0 Å². The van der Waals surface area contributed by atoms with Gasteiger partial charge in [0.1, 0.15) is 0 Å². The highest BCUT2D eigenvalue weighted by Crippen LogP contribution is 2.66. The normalized spacial score (nSPS) is 31.1. The molecule has 0 amide bonds. The number of hydrogen-bond donors (Lipinski definition) is 0. The second kappa shape index (κ2) is 3.62. The van der Waals surface area contributed by atoms with Crippen molar-refractivity contribution in [3.8, 4) is 0 Å². The summed E-state index contributed by atoms with van der Waals surface area (Å²) in [6, 6.07) is -14.6. The van der Waals surface area contributed by atoms with Crippen LogP contribution in [0, 0.1) is 0 Å². The average molecular weight is 333 g/mol. The van der Waals surface area contributed by atoms with E-state index in [4.69, 9.17) is 0 Å². The predicted molar refractivity (Wildman–Crippen MR) is 32.6 cm³/mol. The van der Waals surface area contributed by atoms with Gasteiger partial charge in [0.15, 0.2) is 0 Å². The second-order valence-corrected chi connectivity index (χ2v) is 3.61. The Labute approximate surface area is 99.5 Å². The molecule has 1 rings (SSSR count). The van der Waals surface area contributed by atoms with Gasteiger partial charge in [-0.05, 0) is 0 Å². The Morgan fingerprint density at radius 2 is 0.750 bits per heavy atom. The highest BCUT2D eigenvalue weighted by molar-refractivity contribution is 5.14. The maximum atomic E-state index is 12.6. The van der Waals surface area contributed by atoms with Gasteiger partial charge in [-0.25, -0.2) is 0 Å². The lowest BCUT2D eigenvalue weighted by Gasteiger charge is -2.51. The maximum Gasteiger partial charge on any atom is 0.469 e. The molecular weight excluding hydrogens is 333 g/mol. The molecule has 0 spiro atoms. The van der Waals surface area contributed by atoms with E-state index in [2.05, 4.69) is 0 Å². The minimum atomic E-state index is -7.42. The Bertz CT molecular complexity index is 376. The molecule has 0 radical (unpaired) electrons. The molecule has 0 aromatic heterocycles. The van der Waals surface area contributed by atoms with Crippen molar-refractivity contribution in [2.45, 2.75) is 36.2 Å². The lowest BCUT2D eigenvalue weighted by Crippen LogP contribution is -2.83. The largest absolute Gasteiger partial charge is 0.469 e. The third-order valence-corrected chi connectivity index (χ3v) is 2.36. The lowest BCUT2D eigenvalue weighted by atomic mass is 9.94. The van der Waals surface area contributed by atoms with Gasteiger partial charge in [-0.3, -0.25) is 0 Å². The summed E-state index contributed by atoms with van der Waals surface area (Å²) in [4.78, 5) is -3.87. The molecule has 0 atom stereocenters. The molecule has 1 fully saturated rings. The first-order valence-electron chi connectivity index (χ1n) is 4.13. The molecule has 20 heavy (non-hydrogen) atoms. The minimum Gasteiger partial charge on any atom is -0.192 e. The number of halogens is 13. The zero-order valence-corrected chi connectivity index (χ0v) is 8.36. The van der Waals surface area contributed by atoms with E-state index in [0.717, 1.165) is 0 Å². The van der Waals surface area contributed by atoms with Crippen LogP contribution in [0.15, 0.2) is 0 Å². The molecular formula is C6F13N. The van der Waals surface area contributed by atoms with Crippen LogP contribution in [0.25, 0.3) is 0 Å². The van der Waals surface area contributed by atoms with Crippen molar-refractivity contribution in [1.82, 2.24) is 4.90 Å². The minimum absolute atomic E-state index is 3.87. The molecule has 1 saturated heterocycles. The Morgan fingerprint density at radius 3 is 0.950 bits per heavy atom. The number of likely N-dealkylation sites (tertiary alicyclic amines) is 1. The zero-order valence-electron chi connectivity index (χ0n) is 8.36. The van der Waals surface area contributed by atoms with E-state index in [1.165, 1.54) is 0 Å². The molecule has 0 aliphatic carbocycles. The van der Waals surface area contributed by atoms with Gasteiger partial charge in [0.25, 0.3) is 0 Å². The van der Waals surface area contributed by atoms with E-state index in [1.54, 1.807) is 0 Å². The molecule has 1 heterocycles. The molecule has 0 bridgehead atoms. The van der Waals surface area contributed by atoms with Crippen LogP contribution in [-0.2, 0) is 0 Å². The summed E-state index contributed by atoms with van der Waals surface area (Å²) >= 11 is 0. The molecule has 120 valence electrons. The van der Waals surface area contributed by atoms with Gasteiger partial charge in [-0.2, -0.15) is 57.1 Å². The quantitative estimate of drug-likeness (QED) is 0.480. The second-order valence-electron chi connectivity index (χ2n) is 3.61. The molecule has 1 nitrogen and oxygen atoms in total. The molecule has 0 saturated carbocycles. The van der Waals surface area contributed by atoms with E-state index in [9.17, 15) is 57.1 Å². The smallest absolute Gasteiger partial charge is 0.192 e. The van der Waals surface area contributed by atoms with E-state index in [-0.39, 0.29) is 0 Å². The molecule has 0 aromatic rings. The molecule has 14 heteroatoms. The first-order chi connectivity index (χ1) is 8.37. The van der Waals surface area contributed by atoms with Crippen molar-refractivity contribution in [2.75, 3.05) is 0 Å². The number of alkyl halides is 13. The first kappa shape index (κ1) is 17.1. The first-order valence-corrected chi connectivity index (χ1v) is 4.13. The number of hydrogen-bond acceptors (Lipinski definition) is 1. The van der Waals surface area contributed by atoms with Gasteiger partial charge in [-0.1, -0.05) is 4.90 Å². The van der Waals surface area contributed by atoms with Crippen molar-refractivity contribution in [3.05, 3.63) is 0 Å². The third kappa shape index (κ3) is 1.56. The lowest BCUT2D eigenvalue weighted by molar-refractivity contribution is -0.547. The van der Waals surface area contributed by atoms with Crippen molar-refractivity contribution in [3.63, 3.8) is 0 Å². The van der Waals surface area contributed by atoms with Crippen molar-refractivity contribution < 1.29 is 57.1 Å². The Hall–Kier alpha value is -0.950. The highest BCUT2D eigenvalue weighted by atomic mass is 19.4. The number of rotatable bonds is 0. The van der Waals surface area contributed by atoms with Crippen LogP contribution in [0.5, 0.6) is 0 Å². The van der Waals surface area contributed by atoms with E-state index in [0.29, 0.717) is 0 Å². The SMILES string of the molecule is FC(F)(F)N1C(F)(F)C(F)(F)C(F)(F)C(F)(F)C1(F)F. The van der Waals surface area contributed by atoms with Gasteiger partial charge in [0.05, 0.1) is 0 Å². The summed E-state index contributed by atoms with van der Waals surface area (Å²) in [5.41, 5.74) is 0.